The Morgan fingerprint density at radius 3 is 2.30 bits per heavy atom. The van der Waals surface area contributed by atoms with Crippen LogP contribution in [0, 0.1) is 22.7 Å². The van der Waals surface area contributed by atoms with Gasteiger partial charge >= 0.3 is 45.6 Å². The van der Waals surface area contributed by atoms with E-state index < -0.39 is 7.82 Å². The monoisotopic (exact) mass is 641 g/mol. The minimum Gasteiger partial charge on any atom is -1.00 e. The molecule has 2 aromatic heterocycles. The third-order valence-corrected chi connectivity index (χ3v) is 7.89. The molecule has 4 N–H and O–H groups in total. The molecule has 0 unspecified atom stereocenters. The molecule has 202 valence electrons. The number of rotatable bonds is 10. The third kappa shape index (κ3) is 8.41. The number of nitrogens with zero attached hydrogens (tertiary/aromatic N) is 4. The molecule has 2 aromatic carbocycles. The summed E-state index contributed by atoms with van der Waals surface area (Å²) in [6.07, 6.45) is 0. The van der Waals surface area contributed by atoms with Gasteiger partial charge in [0.05, 0.1) is 17.9 Å². The molecule has 0 radical (unpaired) electrons. The van der Waals surface area contributed by atoms with Gasteiger partial charge in [-0.05, 0) is 29.8 Å². The van der Waals surface area contributed by atoms with Crippen LogP contribution in [0.2, 0.25) is 5.02 Å². The SMILES string of the molecule is N#Cc1c(N)nc(SCc2csc(-c3ccc(Cl)cc3)n2)c(C#N)c1-c1ccc(OCCOP(=O)(O)O)cc1.[Ca+2].[H-].[H-]. The number of nitrogens with two attached hydrogens (primary N) is 1. The number of thioether (sulfide) groups is 1. The molecule has 10 nitrogen and oxygen atoms in total. The molecule has 0 fully saturated rings. The number of thiazole rings is 1. The molecule has 0 bridgehead atoms. The van der Waals surface area contributed by atoms with Gasteiger partial charge in [-0.3, -0.25) is 4.52 Å². The first-order valence-corrected chi connectivity index (χ1v) is 14.9. The maximum absolute atomic E-state index is 10.8. The van der Waals surface area contributed by atoms with Crippen LogP contribution in [0.3, 0.4) is 0 Å². The Balaban J connectivity index is 0.00000294. The van der Waals surface area contributed by atoms with Gasteiger partial charge in [-0.25, -0.2) is 14.5 Å². The minimum atomic E-state index is -4.57. The summed E-state index contributed by atoms with van der Waals surface area (Å²) in [5, 5.41) is 23.6. The molecular weight excluding hydrogens is 621 g/mol. The molecule has 0 saturated carbocycles. The fourth-order valence-electron chi connectivity index (χ4n) is 3.47. The van der Waals surface area contributed by atoms with Crippen LogP contribution >= 0.6 is 42.5 Å². The normalized spacial score (nSPS) is 10.8. The Kier molecular flexibility index (Phi) is 11.8. The number of nitrogen functional groups attached to an aromatic ring is 1. The molecule has 0 spiro atoms. The van der Waals surface area contributed by atoms with Crippen LogP contribution in [0.25, 0.3) is 21.7 Å². The number of nitriles is 2. The van der Waals surface area contributed by atoms with Crippen molar-refractivity contribution < 1.29 is 26.5 Å². The zero-order valence-corrected chi connectivity index (χ0v) is 26.1. The summed E-state index contributed by atoms with van der Waals surface area (Å²) in [4.78, 5) is 26.5. The maximum Gasteiger partial charge on any atom is 2.00 e. The van der Waals surface area contributed by atoms with E-state index in [1.54, 1.807) is 36.4 Å². The van der Waals surface area contributed by atoms with Crippen molar-refractivity contribution in [3.05, 3.63) is 75.8 Å². The first-order valence-electron chi connectivity index (χ1n) is 11.1. The van der Waals surface area contributed by atoms with Crippen LogP contribution in [0.1, 0.15) is 19.7 Å². The zero-order valence-electron chi connectivity index (χ0n) is 22.7. The Bertz CT molecular complexity index is 1630. The number of pyridine rings is 1. The molecule has 0 aliphatic heterocycles. The average molecular weight is 642 g/mol. The fraction of sp³-hybridized carbons (Fsp3) is 0.120. The summed E-state index contributed by atoms with van der Waals surface area (Å²) in [6, 6.07) is 18.1. The van der Waals surface area contributed by atoms with Crippen molar-refractivity contribution in [2.45, 2.75) is 10.8 Å². The van der Waals surface area contributed by atoms with Crippen molar-refractivity contribution in [3.63, 3.8) is 0 Å². The Hall–Kier alpha value is -2.19. The zero-order chi connectivity index (χ0) is 28.0. The van der Waals surface area contributed by atoms with E-state index in [0.717, 1.165) is 16.3 Å². The average Bonchev–Trinajstić information content (AvgIpc) is 3.39. The molecular formula is C25H21CaClN5O5PS2. The van der Waals surface area contributed by atoms with Crippen molar-refractivity contribution in [3.8, 4) is 39.6 Å². The number of benzene rings is 2. The van der Waals surface area contributed by atoms with Crippen LogP contribution in [-0.2, 0) is 14.8 Å². The summed E-state index contributed by atoms with van der Waals surface area (Å²) >= 11 is 8.76. The number of halogens is 1. The predicted octanol–water partition coefficient (Wildman–Crippen LogP) is 5.48. The Labute approximate surface area is 276 Å². The number of hydrogen-bond donors (Lipinski definition) is 3. The van der Waals surface area contributed by atoms with E-state index in [1.165, 1.54) is 23.1 Å². The molecule has 0 atom stereocenters. The van der Waals surface area contributed by atoms with Crippen molar-refractivity contribution in [1.82, 2.24) is 9.97 Å². The molecule has 0 aliphatic rings. The molecule has 0 amide bonds. The van der Waals surface area contributed by atoms with Crippen molar-refractivity contribution >= 4 is 86.1 Å². The summed E-state index contributed by atoms with van der Waals surface area (Å²) in [6.45, 7) is -0.387. The van der Waals surface area contributed by atoms with Crippen molar-refractivity contribution in [1.29, 1.82) is 10.5 Å². The fourth-order valence-corrected chi connectivity index (χ4v) is 5.72. The van der Waals surface area contributed by atoms with Crippen LogP contribution in [-0.4, -0.2) is 70.7 Å². The van der Waals surface area contributed by atoms with Gasteiger partial charge in [0, 0.05) is 27.3 Å². The van der Waals surface area contributed by atoms with E-state index in [-0.39, 0.29) is 70.8 Å². The predicted molar refractivity (Wildman–Crippen MR) is 157 cm³/mol. The van der Waals surface area contributed by atoms with Gasteiger partial charge in [-0.15, -0.1) is 11.3 Å². The molecule has 0 saturated heterocycles. The van der Waals surface area contributed by atoms with E-state index in [1.807, 2.05) is 23.6 Å². The molecule has 40 heavy (non-hydrogen) atoms. The van der Waals surface area contributed by atoms with Crippen LogP contribution in [0.15, 0.2) is 58.9 Å². The van der Waals surface area contributed by atoms with E-state index in [4.69, 9.17) is 31.9 Å². The standard InChI is InChI=1S/C25H19ClN5O5PS2.Ca.2H/c26-17-5-1-16(2-6-17)24-30-18(13-38-24)14-39-25-21(12-28)22(20(11-27)23(29)31-25)15-3-7-19(8-4-15)35-9-10-36-37(32,33)34;;;/h1-8,13H,9-10,14H2,(H2,29,31)(H2,32,33,34);;;/q;+2;2*-1. The first-order chi connectivity index (χ1) is 18.7. The second-order valence-electron chi connectivity index (χ2n) is 7.79. The maximum atomic E-state index is 10.8. The largest absolute Gasteiger partial charge is 2.00 e. The summed E-state index contributed by atoms with van der Waals surface area (Å²) < 4.78 is 20.5. The first kappa shape index (κ1) is 32.3. The second-order valence-corrected chi connectivity index (χ2v) is 11.3. The number of aromatic nitrogens is 2. The molecule has 2 heterocycles. The number of hydrogen-bond acceptors (Lipinski definition) is 10. The van der Waals surface area contributed by atoms with E-state index in [9.17, 15) is 15.1 Å². The minimum absolute atomic E-state index is 0. The number of ether oxygens (including phenoxy) is 1. The number of phosphoric ester groups is 1. The summed E-state index contributed by atoms with van der Waals surface area (Å²) in [5.41, 5.74) is 9.06. The second kappa shape index (κ2) is 14.6. The van der Waals surface area contributed by atoms with Crippen LogP contribution in [0.4, 0.5) is 5.82 Å². The molecule has 0 aliphatic carbocycles. The van der Waals surface area contributed by atoms with Crippen LogP contribution < -0.4 is 10.5 Å². The Morgan fingerprint density at radius 1 is 1.02 bits per heavy atom. The van der Waals surface area contributed by atoms with Gasteiger partial charge in [0.15, 0.2) is 0 Å². The topological polar surface area (TPSA) is 175 Å². The smallest absolute Gasteiger partial charge is 1.00 e. The number of phosphoric acid groups is 1. The van der Waals surface area contributed by atoms with Gasteiger partial charge < -0.3 is 23.1 Å². The van der Waals surface area contributed by atoms with Crippen LogP contribution in [0.5, 0.6) is 5.75 Å². The molecule has 4 aromatic rings. The van der Waals surface area contributed by atoms with Gasteiger partial charge in [0.1, 0.15) is 45.9 Å². The van der Waals surface area contributed by atoms with Gasteiger partial charge in [-0.1, -0.05) is 47.6 Å². The van der Waals surface area contributed by atoms with Gasteiger partial charge in [-0.2, -0.15) is 10.5 Å². The number of anilines is 1. The third-order valence-electron chi connectivity index (χ3n) is 5.17. The molecule has 15 heteroatoms. The van der Waals surface area contributed by atoms with Crippen molar-refractivity contribution in [2.75, 3.05) is 18.9 Å². The molecule has 4 rings (SSSR count). The summed E-state index contributed by atoms with van der Waals surface area (Å²) in [7, 11) is -4.57. The van der Waals surface area contributed by atoms with Crippen molar-refractivity contribution in [2.24, 2.45) is 0 Å². The Morgan fingerprint density at radius 2 is 1.68 bits per heavy atom. The summed E-state index contributed by atoms with van der Waals surface area (Å²) in [5.74, 6) is 0.839. The van der Waals surface area contributed by atoms with Gasteiger partial charge in [0.2, 0.25) is 0 Å². The van der Waals surface area contributed by atoms with E-state index in [0.29, 0.717) is 32.7 Å². The van der Waals surface area contributed by atoms with E-state index >= 15 is 0 Å². The van der Waals surface area contributed by atoms with E-state index in [2.05, 4.69) is 20.6 Å². The van der Waals surface area contributed by atoms with Gasteiger partial charge in [0.25, 0.3) is 0 Å². The quantitative estimate of drug-likeness (QED) is 0.0865.